The third kappa shape index (κ3) is 7.05. The van der Waals surface area contributed by atoms with Crippen LogP contribution in [0.1, 0.15) is 43.0 Å². The van der Waals surface area contributed by atoms with E-state index < -0.39 is 23.7 Å². The van der Waals surface area contributed by atoms with Gasteiger partial charge in [-0.2, -0.15) is 13.2 Å². The molecule has 0 fully saturated rings. The molecule has 2 aromatic carbocycles. The van der Waals surface area contributed by atoms with Gasteiger partial charge in [0.05, 0.1) is 11.7 Å². The maximum atomic E-state index is 13.3. The van der Waals surface area contributed by atoms with Crippen molar-refractivity contribution in [2.75, 3.05) is 0 Å². The summed E-state index contributed by atoms with van der Waals surface area (Å²) in [5.74, 6) is -0.277. The number of rotatable bonds is 7. The lowest BCUT2D eigenvalue weighted by Crippen LogP contribution is -2.28. The fraction of sp³-hybridized carbons (Fsp3) is 0.350. The Kier molecular flexibility index (Phi) is 8.78. The van der Waals surface area contributed by atoms with Gasteiger partial charge in [-0.05, 0) is 37.1 Å². The summed E-state index contributed by atoms with van der Waals surface area (Å²) in [6, 6.07) is 12.3. The highest BCUT2D eigenvalue weighted by Gasteiger charge is 2.34. The summed E-state index contributed by atoms with van der Waals surface area (Å²) in [6.07, 6.45) is -4.80. The molecule has 28 heavy (non-hydrogen) atoms. The minimum absolute atomic E-state index is 0. The quantitative estimate of drug-likeness (QED) is 0.692. The van der Waals surface area contributed by atoms with Crippen molar-refractivity contribution in [3.05, 3.63) is 65.2 Å². The van der Waals surface area contributed by atoms with Crippen molar-refractivity contribution in [1.29, 1.82) is 0 Å². The van der Waals surface area contributed by atoms with Crippen LogP contribution in [-0.4, -0.2) is 12.0 Å². The predicted octanol–water partition coefficient (Wildman–Crippen LogP) is 4.62. The van der Waals surface area contributed by atoms with Crippen molar-refractivity contribution in [3.63, 3.8) is 0 Å². The monoisotopic (exact) mass is 416 g/mol. The van der Waals surface area contributed by atoms with Crippen LogP contribution in [0.5, 0.6) is 5.75 Å². The average molecular weight is 417 g/mol. The molecule has 0 aliphatic carbocycles. The predicted molar refractivity (Wildman–Crippen MR) is 104 cm³/mol. The average Bonchev–Trinajstić information content (AvgIpc) is 2.60. The minimum atomic E-state index is -4.54. The first kappa shape index (κ1) is 23.8. The second-order valence-corrected chi connectivity index (χ2v) is 6.48. The Morgan fingerprint density at radius 1 is 1.14 bits per heavy atom. The number of nitrogens with two attached hydrogens (primary N) is 1. The Bertz CT molecular complexity index is 768. The van der Waals surface area contributed by atoms with Gasteiger partial charge in [0.25, 0.3) is 0 Å². The first-order valence-electron chi connectivity index (χ1n) is 8.61. The zero-order valence-electron chi connectivity index (χ0n) is 15.6. The van der Waals surface area contributed by atoms with Crippen LogP contribution in [0.15, 0.2) is 48.5 Å². The van der Waals surface area contributed by atoms with E-state index in [2.05, 4.69) is 5.32 Å². The molecule has 0 bridgehead atoms. The molecule has 0 aliphatic rings. The molecule has 0 aliphatic heterocycles. The van der Waals surface area contributed by atoms with Gasteiger partial charge in [0.2, 0.25) is 5.91 Å². The number of benzene rings is 2. The Morgan fingerprint density at radius 3 is 2.36 bits per heavy atom. The number of ether oxygens (including phenoxy) is 1. The van der Waals surface area contributed by atoms with E-state index >= 15 is 0 Å². The van der Waals surface area contributed by atoms with E-state index in [1.807, 2.05) is 18.2 Å². The molecule has 2 rings (SSSR count). The number of amides is 1. The van der Waals surface area contributed by atoms with Gasteiger partial charge < -0.3 is 15.8 Å². The van der Waals surface area contributed by atoms with Crippen molar-refractivity contribution in [1.82, 2.24) is 5.32 Å². The van der Waals surface area contributed by atoms with Crippen molar-refractivity contribution in [2.45, 2.75) is 45.1 Å². The van der Waals surface area contributed by atoms with E-state index in [4.69, 9.17) is 10.5 Å². The van der Waals surface area contributed by atoms with Gasteiger partial charge in [-0.15, -0.1) is 12.4 Å². The van der Waals surface area contributed by atoms with Gasteiger partial charge in [0.15, 0.2) is 0 Å². The maximum Gasteiger partial charge on any atom is 0.416 e. The number of nitrogens with one attached hydrogen (secondary N) is 1. The Labute approximate surface area is 168 Å². The molecule has 0 heterocycles. The number of carbonyl (C=O) groups excluding carboxylic acids is 1. The van der Waals surface area contributed by atoms with Gasteiger partial charge in [0, 0.05) is 19.0 Å². The Hall–Kier alpha value is -2.25. The Morgan fingerprint density at radius 2 is 1.79 bits per heavy atom. The molecule has 0 saturated heterocycles. The topological polar surface area (TPSA) is 64.3 Å². The number of halogens is 4. The molecule has 0 spiro atoms. The van der Waals surface area contributed by atoms with Gasteiger partial charge in [-0.25, -0.2) is 0 Å². The summed E-state index contributed by atoms with van der Waals surface area (Å²) in [6.45, 7) is 3.23. The van der Waals surface area contributed by atoms with Crippen molar-refractivity contribution in [2.24, 2.45) is 5.73 Å². The third-order valence-electron chi connectivity index (χ3n) is 3.87. The number of alkyl halides is 3. The molecule has 0 saturated carbocycles. The Balaban J connectivity index is 0.00000392. The van der Waals surface area contributed by atoms with Crippen LogP contribution in [0.2, 0.25) is 0 Å². The van der Waals surface area contributed by atoms with Crippen molar-refractivity contribution >= 4 is 18.3 Å². The zero-order chi connectivity index (χ0) is 20.0. The van der Waals surface area contributed by atoms with Crippen LogP contribution >= 0.6 is 12.4 Å². The van der Waals surface area contributed by atoms with Crippen LogP contribution in [0.4, 0.5) is 13.2 Å². The molecule has 4 nitrogen and oxygen atoms in total. The summed E-state index contributed by atoms with van der Waals surface area (Å²) in [5.41, 5.74) is 5.91. The fourth-order valence-electron chi connectivity index (χ4n) is 2.60. The zero-order valence-corrected chi connectivity index (χ0v) is 16.4. The highest BCUT2D eigenvalue weighted by atomic mass is 35.5. The normalized spacial score (nSPS) is 12.2. The van der Waals surface area contributed by atoms with E-state index in [1.165, 1.54) is 12.1 Å². The molecule has 1 atom stereocenters. The van der Waals surface area contributed by atoms with Gasteiger partial charge in [0.1, 0.15) is 5.75 Å². The molecule has 1 amide bonds. The van der Waals surface area contributed by atoms with E-state index in [-0.39, 0.29) is 42.8 Å². The standard InChI is InChI=1S/C20H23F3N2O2.ClH/c1-13(2)27-16-9-8-15(17(10-16)20(21,22)23)12-25-19(26)11-18(24)14-6-4-3-5-7-14;/h3-10,13,18H,11-12,24H2,1-2H3,(H,25,26);1H. The van der Waals surface area contributed by atoms with E-state index in [0.717, 1.165) is 11.6 Å². The first-order valence-corrected chi connectivity index (χ1v) is 8.61. The SMILES string of the molecule is CC(C)Oc1ccc(CNC(=O)CC(N)c2ccccc2)c(C(F)(F)F)c1.Cl. The minimum Gasteiger partial charge on any atom is -0.491 e. The second kappa shape index (κ2) is 10.3. The molecular weight excluding hydrogens is 393 g/mol. The van der Waals surface area contributed by atoms with E-state index in [9.17, 15) is 18.0 Å². The molecule has 1 unspecified atom stereocenters. The van der Waals surface area contributed by atoms with E-state index in [0.29, 0.717) is 0 Å². The summed E-state index contributed by atoms with van der Waals surface area (Å²) in [7, 11) is 0. The lowest BCUT2D eigenvalue weighted by molar-refractivity contribution is -0.138. The van der Waals surface area contributed by atoms with Crippen LogP contribution in [0.3, 0.4) is 0 Å². The summed E-state index contributed by atoms with van der Waals surface area (Å²) < 4.78 is 45.3. The van der Waals surface area contributed by atoms with Gasteiger partial charge in [-0.3, -0.25) is 4.79 Å². The molecule has 154 valence electrons. The van der Waals surface area contributed by atoms with E-state index in [1.54, 1.807) is 26.0 Å². The molecule has 2 aromatic rings. The highest BCUT2D eigenvalue weighted by Crippen LogP contribution is 2.34. The second-order valence-electron chi connectivity index (χ2n) is 6.48. The maximum absolute atomic E-state index is 13.3. The van der Waals surface area contributed by atoms with Crippen molar-refractivity contribution < 1.29 is 22.7 Å². The molecule has 0 aromatic heterocycles. The molecule has 8 heteroatoms. The largest absolute Gasteiger partial charge is 0.491 e. The number of carbonyl (C=O) groups is 1. The lowest BCUT2D eigenvalue weighted by atomic mass is 10.0. The molecule has 0 radical (unpaired) electrons. The smallest absolute Gasteiger partial charge is 0.416 e. The van der Waals surface area contributed by atoms with Crippen LogP contribution in [-0.2, 0) is 17.5 Å². The summed E-state index contributed by atoms with van der Waals surface area (Å²) in [5, 5.41) is 2.51. The molecule has 3 N–H and O–H groups in total. The van der Waals surface area contributed by atoms with Crippen LogP contribution in [0, 0.1) is 0 Å². The summed E-state index contributed by atoms with van der Waals surface area (Å²) in [4.78, 5) is 12.1. The van der Waals surface area contributed by atoms with Crippen LogP contribution < -0.4 is 15.8 Å². The van der Waals surface area contributed by atoms with Crippen LogP contribution in [0.25, 0.3) is 0 Å². The fourth-order valence-corrected chi connectivity index (χ4v) is 2.60. The number of hydrogen-bond donors (Lipinski definition) is 2. The number of hydrogen-bond acceptors (Lipinski definition) is 3. The lowest BCUT2D eigenvalue weighted by Gasteiger charge is -2.17. The molecular formula is C20H24ClF3N2O2. The third-order valence-corrected chi connectivity index (χ3v) is 3.87. The van der Waals surface area contributed by atoms with Gasteiger partial charge in [-0.1, -0.05) is 36.4 Å². The van der Waals surface area contributed by atoms with Crippen molar-refractivity contribution in [3.8, 4) is 5.75 Å². The highest BCUT2D eigenvalue weighted by molar-refractivity contribution is 5.85. The first-order chi connectivity index (χ1) is 12.7. The summed E-state index contributed by atoms with van der Waals surface area (Å²) >= 11 is 0. The van der Waals surface area contributed by atoms with Gasteiger partial charge >= 0.3 is 6.18 Å².